The molecule has 146 valence electrons. The summed E-state index contributed by atoms with van der Waals surface area (Å²) < 4.78 is 32.4. The number of carbonyl (C=O) groups excluding carboxylic acids is 1. The molecule has 0 aliphatic carbocycles. The largest absolute Gasteiger partial charge is 0.454 e. The third-order valence-corrected chi connectivity index (χ3v) is 7.27. The molecule has 1 aromatic carbocycles. The molecule has 0 spiro atoms. The number of benzene rings is 1. The molecule has 3 heterocycles. The van der Waals surface area contributed by atoms with E-state index in [-0.39, 0.29) is 28.4 Å². The van der Waals surface area contributed by atoms with E-state index in [1.54, 1.807) is 11.4 Å². The number of thiophene rings is 1. The van der Waals surface area contributed by atoms with Crippen LogP contribution in [0.15, 0.2) is 45.4 Å². The first-order valence-corrected chi connectivity index (χ1v) is 11.0. The van der Waals surface area contributed by atoms with Crippen molar-refractivity contribution in [2.24, 2.45) is 0 Å². The lowest BCUT2D eigenvalue weighted by Gasteiger charge is -2.15. The molecule has 0 atom stereocenters. The highest BCUT2D eigenvalue weighted by Crippen LogP contribution is 2.22. The number of sulfonamides is 1. The fourth-order valence-electron chi connectivity index (χ4n) is 3.07. The average molecular weight is 419 g/mol. The molecule has 0 unspecified atom stereocenters. The number of rotatable bonds is 5. The molecule has 0 saturated carbocycles. The quantitative estimate of drug-likeness (QED) is 0.635. The maximum atomic E-state index is 12.7. The van der Waals surface area contributed by atoms with Gasteiger partial charge >= 0.3 is 5.97 Å². The normalized spacial score (nSPS) is 15.1. The number of esters is 1. The Balaban J connectivity index is 1.51. The van der Waals surface area contributed by atoms with Crippen molar-refractivity contribution in [3.63, 3.8) is 0 Å². The summed E-state index contributed by atoms with van der Waals surface area (Å²) in [6.07, 6.45) is 1.67. The van der Waals surface area contributed by atoms with Gasteiger partial charge in [-0.15, -0.1) is 11.3 Å². The van der Waals surface area contributed by atoms with E-state index >= 15 is 0 Å². The zero-order valence-corrected chi connectivity index (χ0v) is 16.4. The first-order chi connectivity index (χ1) is 13.4. The van der Waals surface area contributed by atoms with Crippen LogP contribution in [0.1, 0.15) is 29.0 Å². The van der Waals surface area contributed by atoms with Crippen molar-refractivity contribution in [2.45, 2.75) is 24.3 Å². The van der Waals surface area contributed by atoms with Crippen molar-refractivity contribution >= 4 is 37.5 Å². The minimum Gasteiger partial charge on any atom is -0.454 e. The fraction of sp³-hybridized carbons (Fsp3) is 0.278. The van der Waals surface area contributed by atoms with Crippen molar-refractivity contribution in [1.82, 2.24) is 14.3 Å². The smallest absolute Gasteiger partial charge is 0.338 e. The number of carbonyl (C=O) groups is 1. The van der Waals surface area contributed by atoms with Gasteiger partial charge < -0.3 is 9.72 Å². The van der Waals surface area contributed by atoms with E-state index in [2.05, 4.69) is 9.97 Å². The Hall–Kier alpha value is -2.56. The highest BCUT2D eigenvalue weighted by Gasteiger charge is 2.27. The van der Waals surface area contributed by atoms with Crippen LogP contribution >= 0.6 is 11.3 Å². The van der Waals surface area contributed by atoms with Gasteiger partial charge in [0.1, 0.15) is 17.1 Å². The maximum absolute atomic E-state index is 12.7. The number of H-pyrrole nitrogens is 1. The zero-order valence-electron chi connectivity index (χ0n) is 14.8. The third-order valence-electron chi connectivity index (χ3n) is 4.48. The van der Waals surface area contributed by atoms with E-state index in [1.807, 2.05) is 0 Å². The van der Waals surface area contributed by atoms with Crippen LogP contribution in [-0.4, -0.2) is 41.7 Å². The van der Waals surface area contributed by atoms with Gasteiger partial charge in [0, 0.05) is 13.1 Å². The van der Waals surface area contributed by atoms with E-state index in [0.717, 1.165) is 12.8 Å². The third kappa shape index (κ3) is 3.58. The molecular formula is C18H17N3O5S2. The maximum Gasteiger partial charge on any atom is 0.338 e. The van der Waals surface area contributed by atoms with Gasteiger partial charge in [-0.3, -0.25) is 4.79 Å². The summed E-state index contributed by atoms with van der Waals surface area (Å²) in [4.78, 5) is 31.2. The molecule has 28 heavy (non-hydrogen) atoms. The Labute approximate surface area is 164 Å². The van der Waals surface area contributed by atoms with Crippen LogP contribution in [0.25, 0.3) is 10.2 Å². The van der Waals surface area contributed by atoms with Crippen LogP contribution in [0.5, 0.6) is 0 Å². The minimum absolute atomic E-state index is 0.0649. The van der Waals surface area contributed by atoms with Crippen molar-refractivity contribution in [2.75, 3.05) is 13.1 Å². The zero-order chi connectivity index (χ0) is 19.7. The van der Waals surface area contributed by atoms with Crippen LogP contribution < -0.4 is 5.56 Å². The molecule has 4 rings (SSSR count). The summed E-state index contributed by atoms with van der Waals surface area (Å²) in [5, 5.41) is 1.76. The summed E-state index contributed by atoms with van der Waals surface area (Å²) in [6.45, 7) is 0.755. The van der Waals surface area contributed by atoms with Crippen LogP contribution in [0.3, 0.4) is 0 Å². The molecular weight excluding hydrogens is 402 g/mol. The van der Waals surface area contributed by atoms with E-state index < -0.39 is 16.0 Å². The van der Waals surface area contributed by atoms with Gasteiger partial charge in [-0.05, 0) is 42.5 Å². The van der Waals surface area contributed by atoms with Gasteiger partial charge in [0.25, 0.3) is 5.56 Å². The monoisotopic (exact) mass is 419 g/mol. The summed E-state index contributed by atoms with van der Waals surface area (Å²) in [5.74, 6) is -0.461. The first-order valence-electron chi connectivity index (χ1n) is 8.69. The molecule has 1 saturated heterocycles. The van der Waals surface area contributed by atoms with Gasteiger partial charge in [-0.2, -0.15) is 4.31 Å². The average Bonchev–Trinajstić information content (AvgIpc) is 3.38. The second-order valence-corrected chi connectivity index (χ2v) is 9.22. The van der Waals surface area contributed by atoms with Gasteiger partial charge in [0.05, 0.1) is 16.0 Å². The second kappa shape index (κ2) is 7.46. The van der Waals surface area contributed by atoms with E-state index in [0.29, 0.717) is 23.3 Å². The molecule has 0 amide bonds. The number of hydrogen-bond donors (Lipinski definition) is 1. The standard InChI is InChI=1S/C18H17N3O5S2/c22-17-16-14(6-9-27-16)19-15(20-17)11-26-18(23)12-4-3-5-13(10-12)28(24,25)21-7-1-2-8-21/h3-6,9-10H,1-2,7-8,11H2,(H,19,20,22). The van der Waals surface area contributed by atoms with Gasteiger partial charge in [0.15, 0.2) is 0 Å². The Morgan fingerprint density at radius 1 is 1.25 bits per heavy atom. The lowest BCUT2D eigenvalue weighted by atomic mass is 10.2. The van der Waals surface area contributed by atoms with Crippen molar-refractivity contribution < 1.29 is 17.9 Å². The molecule has 8 nitrogen and oxygen atoms in total. The Morgan fingerprint density at radius 3 is 2.82 bits per heavy atom. The highest BCUT2D eigenvalue weighted by atomic mass is 32.2. The number of nitrogens with zero attached hydrogens (tertiary/aromatic N) is 2. The Bertz CT molecular complexity index is 1190. The summed E-state index contributed by atoms with van der Waals surface area (Å²) >= 11 is 1.28. The molecule has 3 aromatic rings. The molecule has 1 fully saturated rings. The van der Waals surface area contributed by atoms with Gasteiger partial charge in [-0.25, -0.2) is 18.2 Å². The number of ether oxygens (including phenoxy) is 1. The Kier molecular flexibility index (Phi) is 5.00. The first kappa shape index (κ1) is 18.8. The highest BCUT2D eigenvalue weighted by molar-refractivity contribution is 7.89. The van der Waals surface area contributed by atoms with Crippen LogP contribution in [-0.2, 0) is 21.4 Å². The Morgan fingerprint density at radius 2 is 2.04 bits per heavy atom. The van der Waals surface area contributed by atoms with Gasteiger partial charge in [-0.1, -0.05) is 6.07 Å². The number of aromatic amines is 1. The predicted molar refractivity (Wildman–Crippen MR) is 104 cm³/mol. The molecule has 1 aliphatic heterocycles. The minimum atomic E-state index is -3.62. The molecule has 1 N–H and O–H groups in total. The summed E-state index contributed by atoms with van der Waals surface area (Å²) in [6, 6.07) is 7.50. The fourth-order valence-corrected chi connectivity index (χ4v) is 5.36. The van der Waals surface area contributed by atoms with Crippen LogP contribution in [0.2, 0.25) is 0 Å². The lowest BCUT2D eigenvalue weighted by Crippen LogP contribution is -2.28. The molecule has 0 bridgehead atoms. The number of aromatic nitrogens is 2. The predicted octanol–water partition coefficient (Wildman–Crippen LogP) is 2.13. The number of fused-ring (bicyclic) bond motifs is 1. The van der Waals surface area contributed by atoms with Crippen LogP contribution in [0.4, 0.5) is 0 Å². The van der Waals surface area contributed by atoms with Crippen molar-refractivity contribution in [3.8, 4) is 0 Å². The van der Waals surface area contributed by atoms with E-state index in [9.17, 15) is 18.0 Å². The molecule has 0 radical (unpaired) electrons. The van der Waals surface area contributed by atoms with Gasteiger partial charge in [0.2, 0.25) is 10.0 Å². The second-order valence-electron chi connectivity index (χ2n) is 6.36. The number of nitrogens with one attached hydrogen (secondary N) is 1. The van der Waals surface area contributed by atoms with Crippen molar-refractivity contribution in [3.05, 3.63) is 57.5 Å². The molecule has 10 heteroatoms. The van der Waals surface area contributed by atoms with Crippen molar-refractivity contribution in [1.29, 1.82) is 0 Å². The summed E-state index contributed by atoms with van der Waals surface area (Å²) in [7, 11) is -3.62. The summed E-state index contributed by atoms with van der Waals surface area (Å²) in [5.41, 5.74) is 0.377. The lowest BCUT2D eigenvalue weighted by molar-refractivity contribution is 0.0462. The van der Waals surface area contributed by atoms with E-state index in [1.165, 1.54) is 39.9 Å². The van der Waals surface area contributed by atoms with E-state index in [4.69, 9.17) is 4.74 Å². The van der Waals surface area contributed by atoms with Crippen LogP contribution in [0, 0.1) is 0 Å². The topological polar surface area (TPSA) is 109 Å². The number of hydrogen-bond acceptors (Lipinski definition) is 7. The molecule has 2 aromatic heterocycles. The SMILES string of the molecule is O=C(OCc1nc2ccsc2c(=O)[nH]1)c1cccc(S(=O)(=O)N2CCCC2)c1. The molecule has 1 aliphatic rings.